The van der Waals surface area contributed by atoms with Crippen LogP contribution in [0.25, 0.3) is 11.1 Å². The van der Waals surface area contributed by atoms with Gasteiger partial charge in [0.05, 0.1) is 18.1 Å². The van der Waals surface area contributed by atoms with Gasteiger partial charge in [-0.25, -0.2) is 0 Å². The van der Waals surface area contributed by atoms with Gasteiger partial charge in [-0.2, -0.15) is 13.2 Å². The lowest BCUT2D eigenvalue weighted by Gasteiger charge is -2.32. The summed E-state index contributed by atoms with van der Waals surface area (Å²) >= 11 is 0. The Kier molecular flexibility index (Phi) is 10.6. The summed E-state index contributed by atoms with van der Waals surface area (Å²) in [5, 5.41) is 0. The van der Waals surface area contributed by atoms with Crippen molar-refractivity contribution < 1.29 is 22.7 Å². The number of hydrogen-bond acceptors (Lipinski definition) is 3. The van der Waals surface area contributed by atoms with E-state index in [1.807, 2.05) is 6.07 Å². The number of alkyl halides is 3. The molecule has 0 aromatic heterocycles. The van der Waals surface area contributed by atoms with Gasteiger partial charge in [0.1, 0.15) is 0 Å². The Morgan fingerprint density at radius 1 is 1.03 bits per heavy atom. The molecule has 0 saturated carbocycles. The second kappa shape index (κ2) is 13.5. The van der Waals surface area contributed by atoms with Crippen LogP contribution in [0.3, 0.4) is 0 Å². The number of benzene rings is 2. The van der Waals surface area contributed by atoms with E-state index in [4.69, 9.17) is 4.74 Å². The fourth-order valence-corrected chi connectivity index (χ4v) is 5.15. The zero-order valence-electron chi connectivity index (χ0n) is 23.4. The first kappa shape index (κ1) is 29.9. The molecule has 6 heteroatoms. The molecule has 0 N–H and O–H groups in total. The van der Waals surface area contributed by atoms with Crippen molar-refractivity contribution in [1.82, 2.24) is 4.90 Å². The SMILES string of the molecule is CCOC(=O)C(CC(C)C)c1cc(-c2ccc(C(F)(F)F)cc2)cc(C2CCN(C/C=C/C(C)C)CC2)c1. The molecule has 1 saturated heterocycles. The zero-order chi connectivity index (χ0) is 27.9. The molecule has 3 rings (SSSR count). The smallest absolute Gasteiger partial charge is 0.416 e. The van der Waals surface area contributed by atoms with Crippen LogP contribution < -0.4 is 0 Å². The molecule has 1 aliphatic rings. The van der Waals surface area contributed by atoms with E-state index in [1.165, 1.54) is 12.1 Å². The van der Waals surface area contributed by atoms with Crippen LogP contribution in [0.15, 0.2) is 54.6 Å². The zero-order valence-corrected chi connectivity index (χ0v) is 23.4. The van der Waals surface area contributed by atoms with Crippen LogP contribution in [0.1, 0.15) is 82.4 Å². The Hall–Kier alpha value is -2.60. The number of ether oxygens (including phenoxy) is 1. The van der Waals surface area contributed by atoms with Crippen LogP contribution in [0, 0.1) is 11.8 Å². The van der Waals surface area contributed by atoms with E-state index in [0.717, 1.165) is 61.3 Å². The second-order valence-corrected chi connectivity index (χ2v) is 11.1. The fourth-order valence-electron chi connectivity index (χ4n) is 5.15. The molecule has 1 atom stereocenters. The van der Waals surface area contributed by atoms with Gasteiger partial charge in [0.2, 0.25) is 0 Å². The van der Waals surface area contributed by atoms with E-state index in [1.54, 1.807) is 6.92 Å². The minimum absolute atomic E-state index is 0.247. The van der Waals surface area contributed by atoms with Gasteiger partial charge in [-0.05, 0) is 91.4 Å². The van der Waals surface area contributed by atoms with Gasteiger partial charge in [0.25, 0.3) is 0 Å². The summed E-state index contributed by atoms with van der Waals surface area (Å²) in [4.78, 5) is 15.5. The molecule has 208 valence electrons. The number of allylic oxidation sites excluding steroid dienone is 1. The summed E-state index contributed by atoms with van der Waals surface area (Å²) in [5.74, 6) is 0.491. The van der Waals surface area contributed by atoms with Gasteiger partial charge >= 0.3 is 12.1 Å². The predicted octanol–water partition coefficient (Wildman–Crippen LogP) is 8.46. The summed E-state index contributed by atoms with van der Waals surface area (Å²) in [6, 6.07) is 11.5. The third-order valence-electron chi connectivity index (χ3n) is 7.15. The monoisotopic (exact) mass is 529 g/mol. The molecule has 0 aliphatic carbocycles. The molecule has 1 heterocycles. The summed E-state index contributed by atoms with van der Waals surface area (Å²) < 4.78 is 44.9. The number of esters is 1. The molecule has 2 aromatic rings. The highest BCUT2D eigenvalue weighted by molar-refractivity contribution is 5.79. The Morgan fingerprint density at radius 2 is 1.68 bits per heavy atom. The number of halogens is 3. The van der Waals surface area contributed by atoms with E-state index < -0.39 is 17.7 Å². The molecular formula is C32H42F3NO2. The van der Waals surface area contributed by atoms with E-state index in [2.05, 4.69) is 56.9 Å². The number of hydrogen-bond donors (Lipinski definition) is 0. The first-order valence-electron chi connectivity index (χ1n) is 13.9. The molecule has 1 aliphatic heterocycles. The quantitative estimate of drug-likeness (QED) is 0.228. The average Bonchev–Trinajstić information content (AvgIpc) is 2.87. The van der Waals surface area contributed by atoms with Crippen LogP contribution in [0.4, 0.5) is 13.2 Å². The lowest BCUT2D eigenvalue weighted by atomic mass is 9.82. The van der Waals surface area contributed by atoms with Crippen LogP contribution >= 0.6 is 0 Å². The van der Waals surface area contributed by atoms with Crippen LogP contribution in [0.5, 0.6) is 0 Å². The maximum absolute atomic E-state index is 13.2. The number of piperidine rings is 1. The number of likely N-dealkylation sites (tertiary alicyclic amines) is 1. The molecule has 0 bridgehead atoms. The maximum Gasteiger partial charge on any atom is 0.416 e. The standard InChI is InChI=1S/C32H42F3NO2/c1-6-38-31(37)30(18-23(4)5)28-20-26(24-9-11-29(12-10-24)32(33,34)35)19-27(21-28)25-13-16-36(17-14-25)15-7-8-22(2)3/h7-12,19-23,25,30H,6,13-18H2,1-5H3/b8-7+. The van der Waals surface area contributed by atoms with Crippen molar-refractivity contribution in [3.63, 3.8) is 0 Å². The van der Waals surface area contributed by atoms with Crippen molar-refractivity contribution in [2.24, 2.45) is 11.8 Å². The highest BCUT2D eigenvalue weighted by atomic mass is 19.4. The number of carbonyl (C=O) groups excluding carboxylic acids is 1. The Bertz CT molecular complexity index is 1070. The van der Waals surface area contributed by atoms with Crippen molar-refractivity contribution >= 4 is 5.97 Å². The Labute approximate surface area is 226 Å². The largest absolute Gasteiger partial charge is 0.466 e. The number of nitrogens with zero attached hydrogens (tertiary/aromatic N) is 1. The third-order valence-corrected chi connectivity index (χ3v) is 7.15. The Balaban J connectivity index is 1.95. The summed E-state index contributed by atoms with van der Waals surface area (Å²) in [6.07, 6.45) is 2.74. The van der Waals surface area contributed by atoms with Crippen molar-refractivity contribution in [1.29, 1.82) is 0 Å². The molecule has 0 radical (unpaired) electrons. The molecule has 2 aromatic carbocycles. The van der Waals surface area contributed by atoms with Gasteiger partial charge < -0.3 is 4.74 Å². The van der Waals surface area contributed by atoms with Gasteiger partial charge in [0, 0.05) is 6.54 Å². The van der Waals surface area contributed by atoms with Crippen molar-refractivity contribution in [3.8, 4) is 11.1 Å². The molecule has 38 heavy (non-hydrogen) atoms. The van der Waals surface area contributed by atoms with Crippen LogP contribution in [0.2, 0.25) is 0 Å². The minimum atomic E-state index is -4.38. The highest BCUT2D eigenvalue weighted by Crippen LogP contribution is 2.37. The molecular weight excluding hydrogens is 487 g/mol. The second-order valence-electron chi connectivity index (χ2n) is 11.1. The normalized spacial score (nSPS) is 16.5. The first-order valence-corrected chi connectivity index (χ1v) is 13.9. The highest BCUT2D eigenvalue weighted by Gasteiger charge is 2.30. The first-order chi connectivity index (χ1) is 18.0. The Morgan fingerprint density at radius 3 is 2.24 bits per heavy atom. The molecule has 3 nitrogen and oxygen atoms in total. The maximum atomic E-state index is 13.2. The predicted molar refractivity (Wildman–Crippen MR) is 148 cm³/mol. The summed E-state index contributed by atoms with van der Waals surface area (Å²) in [7, 11) is 0. The van der Waals surface area contributed by atoms with Gasteiger partial charge in [-0.15, -0.1) is 0 Å². The summed E-state index contributed by atoms with van der Waals surface area (Å²) in [6.45, 7) is 13.5. The summed E-state index contributed by atoms with van der Waals surface area (Å²) in [5.41, 5.74) is 2.91. The number of rotatable bonds is 10. The lowest BCUT2D eigenvalue weighted by molar-refractivity contribution is -0.145. The van der Waals surface area contributed by atoms with Gasteiger partial charge in [-0.1, -0.05) is 70.2 Å². The minimum Gasteiger partial charge on any atom is -0.466 e. The van der Waals surface area contributed by atoms with Crippen molar-refractivity contribution in [2.75, 3.05) is 26.2 Å². The van der Waals surface area contributed by atoms with Crippen LogP contribution in [-0.2, 0) is 15.7 Å². The topological polar surface area (TPSA) is 29.5 Å². The van der Waals surface area contributed by atoms with Crippen molar-refractivity contribution in [3.05, 3.63) is 71.3 Å². The molecule has 1 fully saturated rings. The molecule has 0 amide bonds. The lowest BCUT2D eigenvalue weighted by Crippen LogP contribution is -2.33. The van der Waals surface area contributed by atoms with Crippen LogP contribution in [-0.4, -0.2) is 37.1 Å². The molecule has 0 spiro atoms. The van der Waals surface area contributed by atoms with E-state index in [0.29, 0.717) is 30.4 Å². The fraction of sp³-hybridized carbons (Fsp3) is 0.531. The van der Waals surface area contributed by atoms with Gasteiger partial charge in [-0.3, -0.25) is 9.69 Å². The van der Waals surface area contributed by atoms with E-state index in [-0.39, 0.29) is 11.9 Å². The van der Waals surface area contributed by atoms with E-state index >= 15 is 0 Å². The van der Waals surface area contributed by atoms with E-state index in [9.17, 15) is 18.0 Å². The van der Waals surface area contributed by atoms with Gasteiger partial charge in [0.15, 0.2) is 0 Å². The number of carbonyl (C=O) groups is 1. The average molecular weight is 530 g/mol. The van der Waals surface area contributed by atoms with Crippen molar-refractivity contribution in [2.45, 2.75) is 71.9 Å². The third kappa shape index (κ3) is 8.45. The molecule has 1 unspecified atom stereocenters.